The van der Waals surface area contributed by atoms with Crippen molar-refractivity contribution in [3.8, 4) is 0 Å². The molecule has 0 atom stereocenters. The highest BCUT2D eigenvalue weighted by Gasteiger charge is 2.18. The number of carboxylic acid groups (broad SMARTS) is 1. The largest absolute Gasteiger partial charge is 0.478 e. The van der Waals surface area contributed by atoms with Gasteiger partial charge in [-0.1, -0.05) is 12.1 Å². The first-order chi connectivity index (χ1) is 8.86. The van der Waals surface area contributed by atoms with Crippen LogP contribution in [0.1, 0.15) is 15.9 Å². The predicted molar refractivity (Wildman–Crippen MR) is 70.5 cm³/mol. The van der Waals surface area contributed by atoms with Gasteiger partial charge >= 0.3 is 5.97 Å². The second-order valence-electron chi connectivity index (χ2n) is 4.08. The van der Waals surface area contributed by atoms with E-state index in [1.807, 2.05) is 0 Å². The van der Waals surface area contributed by atoms with Crippen LogP contribution in [-0.4, -0.2) is 51.1 Å². The van der Waals surface area contributed by atoms with E-state index in [0.717, 1.165) is 0 Å². The van der Waals surface area contributed by atoms with Crippen LogP contribution in [-0.2, 0) is 20.5 Å². The lowest BCUT2D eigenvalue weighted by molar-refractivity contribution is 0.0696. The van der Waals surface area contributed by atoms with E-state index >= 15 is 0 Å². The maximum absolute atomic E-state index is 12.0. The molecule has 6 nitrogen and oxygen atoms in total. The quantitative estimate of drug-likeness (QED) is 0.801. The van der Waals surface area contributed by atoms with Gasteiger partial charge in [0.1, 0.15) is 0 Å². The van der Waals surface area contributed by atoms with Crippen molar-refractivity contribution in [1.29, 1.82) is 0 Å². The lowest BCUT2D eigenvalue weighted by atomic mass is 10.1. The number of carboxylic acids is 1. The monoisotopic (exact) mass is 287 g/mol. The van der Waals surface area contributed by atoms with Gasteiger partial charge in [-0.3, -0.25) is 0 Å². The molecule has 0 saturated heterocycles. The topological polar surface area (TPSA) is 83.9 Å². The van der Waals surface area contributed by atoms with Gasteiger partial charge in [-0.15, -0.1) is 0 Å². The number of aromatic carboxylic acids is 1. The number of methoxy groups -OCH3 is 1. The molecule has 0 heterocycles. The van der Waals surface area contributed by atoms with Gasteiger partial charge < -0.3 is 9.84 Å². The van der Waals surface area contributed by atoms with Crippen LogP contribution in [0.5, 0.6) is 0 Å². The fourth-order valence-electron chi connectivity index (χ4n) is 1.47. The summed E-state index contributed by atoms with van der Waals surface area (Å²) in [7, 11) is -0.503. The van der Waals surface area contributed by atoms with Crippen molar-refractivity contribution in [2.75, 3.05) is 27.3 Å². The first-order valence-corrected chi connectivity index (χ1v) is 7.23. The molecular formula is C12H17NO5S. The minimum atomic E-state index is -3.47. The number of benzene rings is 1. The van der Waals surface area contributed by atoms with Gasteiger partial charge in [0, 0.05) is 20.7 Å². The fraction of sp³-hybridized carbons (Fsp3) is 0.417. The Morgan fingerprint density at radius 3 is 2.68 bits per heavy atom. The second-order valence-corrected chi connectivity index (χ2v) is 6.15. The zero-order valence-electron chi connectivity index (χ0n) is 10.9. The Kier molecular flexibility index (Phi) is 5.46. The smallest absolute Gasteiger partial charge is 0.335 e. The maximum Gasteiger partial charge on any atom is 0.335 e. The van der Waals surface area contributed by atoms with Crippen LogP contribution < -0.4 is 0 Å². The third kappa shape index (κ3) is 4.62. The lowest BCUT2D eigenvalue weighted by Gasteiger charge is -2.16. The van der Waals surface area contributed by atoms with Crippen LogP contribution >= 0.6 is 0 Å². The van der Waals surface area contributed by atoms with Gasteiger partial charge in [-0.05, 0) is 17.7 Å². The average Bonchev–Trinajstić information content (AvgIpc) is 2.35. The van der Waals surface area contributed by atoms with Gasteiger partial charge in [-0.2, -0.15) is 0 Å². The highest BCUT2D eigenvalue weighted by atomic mass is 32.2. The molecule has 7 heteroatoms. The van der Waals surface area contributed by atoms with E-state index < -0.39 is 16.0 Å². The maximum atomic E-state index is 12.0. The number of hydrogen-bond acceptors (Lipinski definition) is 4. The Bertz CT molecular complexity index is 541. The molecule has 0 fully saturated rings. The first kappa shape index (κ1) is 15.6. The minimum absolute atomic E-state index is 0.0762. The Hall–Kier alpha value is -1.44. The number of likely N-dealkylation sites (N-methyl/N-ethyl adjacent to an activating group) is 1. The molecule has 0 saturated carbocycles. The summed E-state index contributed by atoms with van der Waals surface area (Å²) in [6.45, 7) is 0.572. The van der Waals surface area contributed by atoms with Crippen molar-refractivity contribution < 1.29 is 23.1 Å². The molecule has 1 rings (SSSR count). The fourth-order valence-corrected chi connectivity index (χ4v) is 2.65. The Labute approximate surface area is 112 Å². The third-order valence-electron chi connectivity index (χ3n) is 2.61. The minimum Gasteiger partial charge on any atom is -0.478 e. The summed E-state index contributed by atoms with van der Waals surface area (Å²) in [6.07, 6.45) is 0. The normalized spacial score (nSPS) is 11.7. The van der Waals surface area contributed by atoms with Crippen molar-refractivity contribution >= 4 is 16.0 Å². The molecule has 1 aromatic rings. The van der Waals surface area contributed by atoms with Crippen molar-refractivity contribution in [1.82, 2.24) is 4.31 Å². The van der Waals surface area contributed by atoms with E-state index in [-0.39, 0.29) is 17.9 Å². The van der Waals surface area contributed by atoms with Crippen molar-refractivity contribution in [3.05, 3.63) is 35.4 Å². The third-order valence-corrected chi connectivity index (χ3v) is 4.44. The second kappa shape index (κ2) is 6.65. The molecule has 0 bridgehead atoms. The molecule has 1 aromatic carbocycles. The highest BCUT2D eigenvalue weighted by Crippen LogP contribution is 2.11. The standard InChI is InChI=1S/C12H17NO5S/c1-13(6-7-18-2)19(16,17)9-10-4-3-5-11(8-10)12(14)15/h3-5,8H,6-7,9H2,1-2H3,(H,14,15). The molecule has 0 spiro atoms. The van der Waals surface area contributed by atoms with Crippen LogP contribution in [0.2, 0.25) is 0 Å². The molecule has 0 aliphatic rings. The van der Waals surface area contributed by atoms with Gasteiger partial charge in [0.05, 0.1) is 17.9 Å². The number of hydrogen-bond donors (Lipinski definition) is 1. The van der Waals surface area contributed by atoms with E-state index in [9.17, 15) is 13.2 Å². The van der Waals surface area contributed by atoms with Crippen LogP contribution in [0.3, 0.4) is 0 Å². The molecule has 1 N–H and O–H groups in total. The number of ether oxygens (including phenoxy) is 1. The summed E-state index contributed by atoms with van der Waals surface area (Å²) in [5, 5.41) is 8.86. The summed E-state index contributed by atoms with van der Waals surface area (Å²) in [5.74, 6) is -1.30. The van der Waals surface area contributed by atoms with E-state index in [0.29, 0.717) is 12.2 Å². The van der Waals surface area contributed by atoms with Gasteiger partial charge in [0.2, 0.25) is 10.0 Å². The van der Waals surface area contributed by atoms with E-state index in [1.54, 1.807) is 6.07 Å². The predicted octanol–water partition coefficient (Wildman–Crippen LogP) is 0.793. The Morgan fingerprint density at radius 2 is 2.11 bits per heavy atom. The summed E-state index contributed by atoms with van der Waals surface area (Å²) in [4.78, 5) is 10.8. The Balaban J connectivity index is 2.83. The van der Waals surface area contributed by atoms with Crippen molar-refractivity contribution in [3.63, 3.8) is 0 Å². The van der Waals surface area contributed by atoms with Crippen LogP contribution in [0.25, 0.3) is 0 Å². The highest BCUT2D eigenvalue weighted by molar-refractivity contribution is 7.88. The molecule has 0 unspecified atom stereocenters. The average molecular weight is 287 g/mol. The number of carbonyl (C=O) groups is 1. The number of sulfonamides is 1. The van der Waals surface area contributed by atoms with Gasteiger partial charge in [-0.25, -0.2) is 17.5 Å². The number of nitrogens with zero attached hydrogens (tertiary/aromatic N) is 1. The molecule has 0 radical (unpaired) electrons. The van der Waals surface area contributed by atoms with E-state index in [2.05, 4.69) is 0 Å². The van der Waals surface area contributed by atoms with Gasteiger partial charge in [0.15, 0.2) is 0 Å². The zero-order chi connectivity index (χ0) is 14.5. The Morgan fingerprint density at radius 1 is 1.42 bits per heavy atom. The molecule has 0 aromatic heterocycles. The van der Waals surface area contributed by atoms with Crippen molar-refractivity contribution in [2.45, 2.75) is 5.75 Å². The first-order valence-electron chi connectivity index (χ1n) is 5.62. The summed E-state index contributed by atoms with van der Waals surface area (Å²) in [6, 6.07) is 5.91. The van der Waals surface area contributed by atoms with E-state index in [1.165, 1.54) is 36.7 Å². The van der Waals surface area contributed by atoms with E-state index in [4.69, 9.17) is 9.84 Å². The van der Waals surface area contributed by atoms with Crippen LogP contribution in [0.4, 0.5) is 0 Å². The zero-order valence-corrected chi connectivity index (χ0v) is 11.7. The molecule has 0 aliphatic carbocycles. The van der Waals surface area contributed by atoms with Crippen LogP contribution in [0, 0.1) is 0 Å². The summed E-state index contributed by atoms with van der Waals surface area (Å²) < 4.78 is 30.0. The molecule has 106 valence electrons. The van der Waals surface area contributed by atoms with Crippen molar-refractivity contribution in [2.24, 2.45) is 0 Å². The molecular weight excluding hydrogens is 270 g/mol. The molecule has 0 aliphatic heterocycles. The SMILES string of the molecule is COCCN(C)S(=O)(=O)Cc1cccc(C(=O)O)c1. The van der Waals surface area contributed by atoms with Gasteiger partial charge in [0.25, 0.3) is 0 Å². The lowest BCUT2D eigenvalue weighted by Crippen LogP contribution is -2.31. The molecule has 19 heavy (non-hydrogen) atoms. The van der Waals surface area contributed by atoms with Crippen LogP contribution in [0.15, 0.2) is 24.3 Å². The summed E-state index contributed by atoms with van der Waals surface area (Å²) in [5.41, 5.74) is 0.524. The summed E-state index contributed by atoms with van der Waals surface area (Å²) >= 11 is 0. The molecule has 0 amide bonds. The number of rotatable bonds is 7.